The zero-order valence-corrected chi connectivity index (χ0v) is 8.69. The number of carbonyl (C=O) groups excluding carboxylic acids is 1. The minimum absolute atomic E-state index is 0.0258. The highest BCUT2D eigenvalue weighted by Gasteiger charge is 2.16. The zero-order valence-electron chi connectivity index (χ0n) is 7.93. The second-order valence-corrected chi connectivity index (χ2v) is 3.58. The van der Waals surface area contributed by atoms with Gasteiger partial charge in [0.1, 0.15) is 5.38 Å². The van der Waals surface area contributed by atoms with Gasteiger partial charge in [0.05, 0.1) is 0 Å². The third-order valence-corrected chi connectivity index (χ3v) is 1.68. The van der Waals surface area contributed by atoms with E-state index in [0.29, 0.717) is 13.1 Å². The van der Waals surface area contributed by atoms with Crippen LogP contribution in [-0.2, 0) is 4.79 Å². The maximum absolute atomic E-state index is 11.4. The summed E-state index contributed by atoms with van der Waals surface area (Å²) in [7, 11) is 0. The molecule has 12 heavy (non-hydrogen) atoms. The Morgan fingerprint density at radius 2 is 2.17 bits per heavy atom. The summed E-state index contributed by atoms with van der Waals surface area (Å²) >= 11 is 5.66. The molecule has 0 rings (SSSR count). The lowest BCUT2D eigenvalue weighted by molar-refractivity contribution is -0.129. The summed E-state index contributed by atoms with van der Waals surface area (Å²) in [6.45, 7) is 10.5. The van der Waals surface area contributed by atoms with E-state index in [9.17, 15) is 4.79 Å². The summed E-state index contributed by atoms with van der Waals surface area (Å²) in [5.41, 5.74) is 0.975. The van der Waals surface area contributed by atoms with Crippen LogP contribution in [0.25, 0.3) is 0 Å². The van der Waals surface area contributed by atoms with Crippen LogP contribution >= 0.6 is 11.6 Å². The van der Waals surface area contributed by atoms with Crippen molar-refractivity contribution < 1.29 is 4.79 Å². The Bertz CT molecular complexity index is 177. The van der Waals surface area contributed by atoms with Gasteiger partial charge in [0.2, 0.25) is 5.91 Å². The van der Waals surface area contributed by atoms with Crippen molar-refractivity contribution in [2.75, 3.05) is 13.1 Å². The Balaban J connectivity index is 4.15. The van der Waals surface area contributed by atoms with E-state index >= 15 is 0 Å². The van der Waals surface area contributed by atoms with Crippen LogP contribution in [-0.4, -0.2) is 29.3 Å². The number of alkyl halides is 1. The van der Waals surface area contributed by atoms with E-state index in [4.69, 9.17) is 11.6 Å². The van der Waals surface area contributed by atoms with Crippen molar-refractivity contribution in [2.24, 2.45) is 0 Å². The molecule has 0 saturated carbocycles. The molecule has 0 aliphatic rings. The van der Waals surface area contributed by atoms with Crippen molar-refractivity contribution in [1.82, 2.24) is 4.90 Å². The normalized spacial score (nSPS) is 12.3. The molecule has 3 heteroatoms. The number of hydrogen-bond acceptors (Lipinski definition) is 1. The van der Waals surface area contributed by atoms with Crippen molar-refractivity contribution in [1.29, 1.82) is 0 Å². The second kappa shape index (κ2) is 5.20. The minimum Gasteiger partial charge on any atom is -0.338 e. The molecule has 0 heterocycles. The highest BCUT2D eigenvalue weighted by molar-refractivity contribution is 6.30. The van der Waals surface area contributed by atoms with Gasteiger partial charge in [-0.3, -0.25) is 4.79 Å². The van der Waals surface area contributed by atoms with Gasteiger partial charge in [-0.1, -0.05) is 12.2 Å². The Morgan fingerprint density at radius 1 is 1.67 bits per heavy atom. The van der Waals surface area contributed by atoms with Crippen LogP contribution in [0.2, 0.25) is 0 Å². The van der Waals surface area contributed by atoms with Crippen molar-refractivity contribution in [2.45, 2.75) is 26.1 Å². The van der Waals surface area contributed by atoms with Crippen LogP contribution in [0.3, 0.4) is 0 Å². The standard InChI is InChI=1S/C9H16ClNO/c1-5-11(6-7(2)3)9(12)8(4)10/h8H,2,5-6H2,1,3-4H3. The molecular formula is C9H16ClNO. The molecule has 0 bridgehead atoms. The van der Waals surface area contributed by atoms with E-state index in [2.05, 4.69) is 6.58 Å². The molecule has 0 saturated heterocycles. The first-order valence-electron chi connectivity index (χ1n) is 4.06. The van der Waals surface area contributed by atoms with Gasteiger partial charge in [-0.2, -0.15) is 0 Å². The fourth-order valence-electron chi connectivity index (χ4n) is 0.923. The van der Waals surface area contributed by atoms with Crippen LogP contribution in [0.15, 0.2) is 12.2 Å². The summed E-state index contributed by atoms with van der Waals surface area (Å²) in [5.74, 6) is -0.0258. The summed E-state index contributed by atoms with van der Waals surface area (Å²) in [6, 6.07) is 0. The number of amides is 1. The Kier molecular flexibility index (Phi) is 4.98. The quantitative estimate of drug-likeness (QED) is 0.490. The zero-order chi connectivity index (χ0) is 9.72. The first-order chi connectivity index (χ1) is 5.49. The first-order valence-corrected chi connectivity index (χ1v) is 4.50. The van der Waals surface area contributed by atoms with E-state index in [1.54, 1.807) is 11.8 Å². The second-order valence-electron chi connectivity index (χ2n) is 2.93. The lowest BCUT2D eigenvalue weighted by atomic mass is 10.3. The van der Waals surface area contributed by atoms with Gasteiger partial charge in [0.25, 0.3) is 0 Å². The maximum Gasteiger partial charge on any atom is 0.240 e. The molecule has 0 aliphatic carbocycles. The van der Waals surface area contributed by atoms with Crippen LogP contribution in [0.1, 0.15) is 20.8 Å². The Labute approximate surface area is 79.2 Å². The van der Waals surface area contributed by atoms with Gasteiger partial charge in [-0.15, -0.1) is 11.6 Å². The highest BCUT2D eigenvalue weighted by Crippen LogP contribution is 2.03. The average Bonchev–Trinajstić information content (AvgIpc) is 1.98. The van der Waals surface area contributed by atoms with E-state index in [1.807, 2.05) is 13.8 Å². The number of likely N-dealkylation sites (N-methyl/N-ethyl adjacent to an activating group) is 1. The number of halogens is 1. The third-order valence-electron chi connectivity index (χ3n) is 1.49. The number of hydrogen-bond donors (Lipinski definition) is 0. The van der Waals surface area contributed by atoms with Crippen LogP contribution in [0, 0.1) is 0 Å². The van der Waals surface area contributed by atoms with Gasteiger partial charge >= 0.3 is 0 Å². The fourth-order valence-corrected chi connectivity index (χ4v) is 1.06. The lowest BCUT2D eigenvalue weighted by Gasteiger charge is -2.21. The first kappa shape index (κ1) is 11.5. The molecule has 0 fully saturated rings. The van der Waals surface area contributed by atoms with Crippen molar-refractivity contribution in [3.63, 3.8) is 0 Å². The van der Waals surface area contributed by atoms with E-state index in [0.717, 1.165) is 5.57 Å². The average molecular weight is 190 g/mol. The highest BCUT2D eigenvalue weighted by atomic mass is 35.5. The van der Waals surface area contributed by atoms with Gasteiger partial charge < -0.3 is 4.90 Å². The molecule has 0 radical (unpaired) electrons. The largest absolute Gasteiger partial charge is 0.338 e. The van der Waals surface area contributed by atoms with Gasteiger partial charge in [-0.25, -0.2) is 0 Å². The van der Waals surface area contributed by atoms with Gasteiger partial charge in [0, 0.05) is 13.1 Å². The number of rotatable bonds is 4. The minimum atomic E-state index is -0.440. The monoisotopic (exact) mass is 189 g/mol. The van der Waals surface area contributed by atoms with Crippen molar-refractivity contribution in [3.8, 4) is 0 Å². The van der Waals surface area contributed by atoms with Crippen molar-refractivity contribution >= 4 is 17.5 Å². The van der Waals surface area contributed by atoms with E-state index < -0.39 is 5.38 Å². The maximum atomic E-state index is 11.4. The van der Waals surface area contributed by atoms with Crippen LogP contribution < -0.4 is 0 Å². The summed E-state index contributed by atoms with van der Waals surface area (Å²) < 4.78 is 0. The lowest BCUT2D eigenvalue weighted by Crippen LogP contribution is -2.36. The molecule has 1 unspecified atom stereocenters. The summed E-state index contributed by atoms with van der Waals surface area (Å²) in [4.78, 5) is 13.1. The third kappa shape index (κ3) is 3.77. The smallest absolute Gasteiger partial charge is 0.240 e. The number of carbonyl (C=O) groups is 1. The molecule has 0 N–H and O–H groups in total. The van der Waals surface area contributed by atoms with Crippen LogP contribution in [0.5, 0.6) is 0 Å². The molecule has 2 nitrogen and oxygen atoms in total. The van der Waals surface area contributed by atoms with Crippen LogP contribution in [0.4, 0.5) is 0 Å². The molecule has 1 amide bonds. The molecule has 0 spiro atoms. The summed E-state index contributed by atoms with van der Waals surface area (Å²) in [5, 5.41) is -0.440. The Hall–Kier alpha value is -0.500. The van der Waals surface area contributed by atoms with E-state index in [1.165, 1.54) is 0 Å². The van der Waals surface area contributed by atoms with Crippen molar-refractivity contribution in [3.05, 3.63) is 12.2 Å². The number of nitrogens with zero attached hydrogens (tertiary/aromatic N) is 1. The van der Waals surface area contributed by atoms with Gasteiger partial charge in [0.15, 0.2) is 0 Å². The predicted octanol–water partition coefficient (Wildman–Crippen LogP) is 2.04. The molecular weight excluding hydrogens is 174 g/mol. The van der Waals surface area contributed by atoms with Gasteiger partial charge in [-0.05, 0) is 20.8 Å². The molecule has 0 aliphatic heterocycles. The predicted molar refractivity (Wildman–Crippen MR) is 52.4 cm³/mol. The molecule has 0 aromatic heterocycles. The molecule has 70 valence electrons. The van der Waals surface area contributed by atoms with E-state index in [-0.39, 0.29) is 5.91 Å². The SMILES string of the molecule is C=C(C)CN(CC)C(=O)C(C)Cl. The molecule has 1 atom stereocenters. The fraction of sp³-hybridized carbons (Fsp3) is 0.667. The molecule has 0 aromatic carbocycles. The topological polar surface area (TPSA) is 20.3 Å². The molecule has 0 aromatic rings. The summed E-state index contributed by atoms with van der Waals surface area (Å²) in [6.07, 6.45) is 0. The Morgan fingerprint density at radius 3 is 2.42 bits per heavy atom.